The van der Waals surface area contributed by atoms with E-state index < -0.39 is 0 Å². The molecule has 0 fully saturated rings. The van der Waals surface area contributed by atoms with Crippen molar-refractivity contribution in [2.45, 2.75) is 84.5 Å². The van der Waals surface area contributed by atoms with Crippen molar-refractivity contribution in [1.29, 1.82) is 0 Å². The Labute approximate surface area is 131 Å². The second-order valence-corrected chi connectivity index (χ2v) is 6.42. The highest BCUT2D eigenvalue weighted by Gasteiger charge is 2.08. The first kappa shape index (κ1) is 18.1. The minimum atomic E-state index is 0.371. The molecule has 1 rings (SSSR count). The van der Waals surface area contributed by atoms with E-state index in [0.717, 1.165) is 12.3 Å². The van der Waals surface area contributed by atoms with E-state index in [1.165, 1.54) is 69.8 Å². The van der Waals surface area contributed by atoms with Crippen molar-refractivity contribution >= 4 is 0 Å². The van der Waals surface area contributed by atoms with Crippen LogP contribution in [0.2, 0.25) is 0 Å². The molecule has 0 amide bonds. The molecule has 1 aromatic rings. The third-order valence-electron chi connectivity index (χ3n) is 4.45. The first-order valence-electron chi connectivity index (χ1n) is 9.04. The summed E-state index contributed by atoms with van der Waals surface area (Å²) in [5.74, 6) is 1.30. The van der Waals surface area contributed by atoms with Gasteiger partial charge in [-0.05, 0) is 36.5 Å². The van der Waals surface area contributed by atoms with Crippen molar-refractivity contribution in [3.63, 3.8) is 0 Å². The molecule has 21 heavy (non-hydrogen) atoms. The summed E-state index contributed by atoms with van der Waals surface area (Å²) in [5, 5.41) is 9.31. The topological polar surface area (TPSA) is 20.2 Å². The van der Waals surface area contributed by atoms with Crippen molar-refractivity contribution in [2.75, 3.05) is 0 Å². The maximum Gasteiger partial charge on any atom is 0.115 e. The van der Waals surface area contributed by atoms with Crippen LogP contribution in [0, 0.1) is 5.92 Å². The van der Waals surface area contributed by atoms with Crippen LogP contribution in [0.3, 0.4) is 0 Å². The van der Waals surface area contributed by atoms with Crippen LogP contribution in [0.1, 0.15) is 83.6 Å². The molecule has 0 aromatic heterocycles. The van der Waals surface area contributed by atoms with E-state index in [2.05, 4.69) is 26.0 Å². The van der Waals surface area contributed by atoms with E-state index in [1.807, 2.05) is 0 Å². The van der Waals surface area contributed by atoms with Gasteiger partial charge in [0.15, 0.2) is 0 Å². The average molecular weight is 290 g/mol. The number of phenolic OH excluding ortho intramolecular Hbond substituents is 1. The van der Waals surface area contributed by atoms with Gasteiger partial charge in [0.25, 0.3) is 0 Å². The van der Waals surface area contributed by atoms with E-state index in [0.29, 0.717) is 5.75 Å². The number of hydrogen-bond donors (Lipinski definition) is 1. The highest BCUT2D eigenvalue weighted by molar-refractivity contribution is 5.25. The zero-order valence-corrected chi connectivity index (χ0v) is 14.1. The number of hydrogen-bond acceptors (Lipinski definition) is 1. The van der Waals surface area contributed by atoms with E-state index in [4.69, 9.17) is 0 Å². The average Bonchev–Trinajstić information content (AvgIpc) is 2.49. The van der Waals surface area contributed by atoms with Gasteiger partial charge in [-0.2, -0.15) is 0 Å². The second-order valence-electron chi connectivity index (χ2n) is 6.42. The van der Waals surface area contributed by atoms with E-state index in [1.54, 1.807) is 12.1 Å². The monoisotopic (exact) mass is 290 g/mol. The lowest BCUT2D eigenvalue weighted by atomic mass is 9.89. The molecule has 0 bridgehead atoms. The fourth-order valence-corrected chi connectivity index (χ4v) is 3.06. The van der Waals surface area contributed by atoms with E-state index in [9.17, 15) is 5.11 Å². The Balaban J connectivity index is 2.27. The molecule has 0 aliphatic carbocycles. The van der Waals surface area contributed by atoms with Crippen LogP contribution in [0.5, 0.6) is 5.75 Å². The van der Waals surface area contributed by atoms with Crippen LogP contribution in [0.15, 0.2) is 24.3 Å². The van der Waals surface area contributed by atoms with Crippen molar-refractivity contribution in [2.24, 2.45) is 5.92 Å². The largest absolute Gasteiger partial charge is 0.508 e. The van der Waals surface area contributed by atoms with Gasteiger partial charge in [-0.25, -0.2) is 0 Å². The molecule has 0 heterocycles. The first-order valence-corrected chi connectivity index (χ1v) is 9.04. The first-order chi connectivity index (χ1) is 10.3. The number of rotatable bonds is 12. The third-order valence-corrected chi connectivity index (χ3v) is 4.45. The lowest BCUT2D eigenvalue weighted by molar-refractivity contribution is 0.377. The standard InChI is InChI=1S/C20H34O/c1-3-5-7-10-18(11-8-6-4-2)12-9-13-19-14-16-20(21)17-15-19/h14-18,21H,3-13H2,1-2H3. The minimum Gasteiger partial charge on any atom is -0.508 e. The Bertz CT molecular complexity index is 331. The van der Waals surface area contributed by atoms with Gasteiger partial charge in [0.2, 0.25) is 0 Å². The van der Waals surface area contributed by atoms with Gasteiger partial charge < -0.3 is 5.11 Å². The van der Waals surface area contributed by atoms with Crippen LogP contribution >= 0.6 is 0 Å². The zero-order valence-electron chi connectivity index (χ0n) is 14.1. The van der Waals surface area contributed by atoms with Crippen molar-refractivity contribution in [3.05, 3.63) is 29.8 Å². The number of aromatic hydroxyl groups is 1. The molecule has 120 valence electrons. The summed E-state index contributed by atoms with van der Waals surface area (Å²) in [5.41, 5.74) is 1.36. The summed E-state index contributed by atoms with van der Waals surface area (Å²) in [7, 11) is 0. The van der Waals surface area contributed by atoms with Crippen LogP contribution in [0.25, 0.3) is 0 Å². The highest BCUT2D eigenvalue weighted by atomic mass is 16.3. The van der Waals surface area contributed by atoms with Crippen LogP contribution < -0.4 is 0 Å². The predicted molar refractivity (Wildman–Crippen MR) is 92.8 cm³/mol. The molecule has 0 unspecified atom stereocenters. The van der Waals surface area contributed by atoms with E-state index in [-0.39, 0.29) is 0 Å². The molecule has 1 N–H and O–H groups in total. The van der Waals surface area contributed by atoms with Gasteiger partial charge in [0.05, 0.1) is 0 Å². The summed E-state index contributed by atoms with van der Waals surface area (Å²) in [6.07, 6.45) is 14.9. The van der Waals surface area contributed by atoms with Crippen molar-refractivity contribution in [1.82, 2.24) is 0 Å². The van der Waals surface area contributed by atoms with Crippen molar-refractivity contribution < 1.29 is 5.11 Å². The third kappa shape index (κ3) is 8.80. The summed E-state index contributed by atoms with van der Waals surface area (Å²) < 4.78 is 0. The molecule has 1 heteroatoms. The summed E-state index contributed by atoms with van der Waals surface area (Å²) >= 11 is 0. The van der Waals surface area contributed by atoms with Gasteiger partial charge >= 0.3 is 0 Å². The minimum absolute atomic E-state index is 0.371. The van der Waals surface area contributed by atoms with E-state index >= 15 is 0 Å². The molecule has 1 aromatic carbocycles. The summed E-state index contributed by atoms with van der Waals surface area (Å²) in [6, 6.07) is 7.71. The Morgan fingerprint density at radius 3 is 1.81 bits per heavy atom. The summed E-state index contributed by atoms with van der Waals surface area (Å²) in [4.78, 5) is 0. The Hall–Kier alpha value is -0.980. The zero-order chi connectivity index (χ0) is 15.3. The smallest absolute Gasteiger partial charge is 0.115 e. The van der Waals surface area contributed by atoms with Gasteiger partial charge in [-0.15, -0.1) is 0 Å². The molecule has 0 saturated carbocycles. The molecule has 0 aliphatic rings. The van der Waals surface area contributed by atoms with Crippen molar-refractivity contribution in [3.8, 4) is 5.75 Å². The number of benzene rings is 1. The molecular weight excluding hydrogens is 256 g/mol. The summed E-state index contributed by atoms with van der Waals surface area (Å²) in [6.45, 7) is 4.58. The van der Waals surface area contributed by atoms with Crippen LogP contribution in [-0.4, -0.2) is 5.11 Å². The van der Waals surface area contributed by atoms with Gasteiger partial charge in [-0.3, -0.25) is 0 Å². The maximum atomic E-state index is 9.31. The number of aryl methyl sites for hydroxylation is 1. The molecule has 0 aliphatic heterocycles. The Kier molecular flexibility index (Phi) is 10.0. The molecule has 0 atom stereocenters. The van der Waals surface area contributed by atoms with Crippen LogP contribution in [0.4, 0.5) is 0 Å². The van der Waals surface area contributed by atoms with Gasteiger partial charge in [0.1, 0.15) is 5.75 Å². The second kappa shape index (κ2) is 11.7. The Morgan fingerprint density at radius 1 is 0.762 bits per heavy atom. The molecule has 0 spiro atoms. The van der Waals surface area contributed by atoms with Crippen LogP contribution in [-0.2, 0) is 6.42 Å². The lowest BCUT2D eigenvalue weighted by Crippen LogP contribution is -2.02. The number of unbranched alkanes of at least 4 members (excludes halogenated alkanes) is 4. The normalized spacial score (nSPS) is 11.2. The van der Waals surface area contributed by atoms with Gasteiger partial charge in [0, 0.05) is 0 Å². The maximum absolute atomic E-state index is 9.31. The molecule has 0 radical (unpaired) electrons. The van der Waals surface area contributed by atoms with Gasteiger partial charge in [-0.1, -0.05) is 83.8 Å². The molecule has 1 nitrogen and oxygen atoms in total. The molecule has 0 saturated heterocycles. The SMILES string of the molecule is CCCCCC(CCCCC)CCCc1ccc(O)cc1. The fraction of sp³-hybridized carbons (Fsp3) is 0.700. The predicted octanol–water partition coefficient (Wildman–Crippen LogP) is 6.49. The Morgan fingerprint density at radius 2 is 1.29 bits per heavy atom. The lowest BCUT2D eigenvalue weighted by Gasteiger charge is -2.16. The molecular formula is C20H34O. The number of phenols is 1. The quantitative estimate of drug-likeness (QED) is 0.436. The fourth-order valence-electron chi connectivity index (χ4n) is 3.06. The highest BCUT2D eigenvalue weighted by Crippen LogP contribution is 2.23.